The van der Waals surface area contributed by atoms with E-state index in [2.05, 4.69) is 93.8 Å². The topological polar surface area (TPSA) is 4.93 Å². The molecule has 0 spiro atoms. The van der Waals surface area contributed by atoms with E-state index in [1.807, 2.05) is 0 Å². The Morgan fingerprint density at radius 3 is 2.37 bits per heavy atom. The summed E-state index contributed by atoms with van der Waals surface area (Å²) in [5, 5.41) is 0. The standard InChI is InChI=1S/C26H31N/c1-6-18(3)19-13-14-23-20(15-19)16-21-17-24(26(4,5)7-2)27(25(21)23)22-11-9-8-10-12-22/h8-15,17-18H,6-7,16H2,1-5H3. The maximum Gasteiger partial charge on any atom is 0.0569 e. The van der Waals surface area contributed by atoms with Gasteiger partial charge in [0.25, 0.3) is 0 Å². The molecular weight excluding hydrogens is 326 g/mol. The first-order valence-corrected chi connectivity index (χ1v) is 10.4. The lowest BCUT2D eigenvalue weighted by atomic mass is 9.86. The number of rotatable bonds is 5. The van der Waals surface area contributed by atoms with Gasteiger partial charge in [0.2, 0.25) is 0 Å². The summed E-state index contributed by atoms with van der Waals surface area (Å²) in [4.78, 5) is 0. The van der Waals surface area contributed by atoms with Crippen molar-refractivity contribution >= 4 is 0 Å². The molecule has 1 heterocycles. The van der Waals surface area contributed by atoms with Gasteiger partial charge < -0.3 is 4.57 Å². The van der Waals surface area contributed by atoms with Crippen LogP contribution in [0.2, 0.25) is 0 Å². The molecule has 3 aromatic rings. The SMILES string of the molecule is CCC(C)c1ccc2c(c1)Cc1cc(C(C)(C)CC)n(-c3ccccc3)c1-2. The third-order valence-corrected chi connectivity index (χ3v) is 6.62. The molecule has 0 aliphatic heterocycles. The van der Waals surface area contributed by atoms with E-state index in [1.54, 1.807) is 0 Å². The van der Waals surface area contributed by atoms with Crippen molar-refractivity contribution in [3.8, 4) is 16.9 Å². The zero-order valence-electron chi connectivity index (χ0n) is 17.3. The van der Waals surface area contributed by atoms with Gasteiger partial charge in [-0.25, -0.2) is 0 Å². The molecule has 27 heavy (non-hydrogen) atoms. The van der Waals surface area contributed by atoms with Crippen molar-refractivity contribution in [1.82, 2.24) is 4.57 Å². The molecule has 1 heteroatoms. The normalized spacial score (nSPS) is 14.1. The van der Waals surface area contributed by atoms with Gasteiger partial charge in [0.1, 0.15) is 0 Å². The number of aromatic nitrogens is 1. The molecule has 0 radical (unpaired) electrons. The number of para-hydroxylation sites is 1. The molecule has 0 N–H and O–H groups in total. The Balaban J connectivity index is 1.93. The monoisotopic (exact) mass is 357 g/mol. The second kappa shape index (κ2) is 6.71. The van der Waals surface area contributed by atoms with E-state index >= 15 is 0 Å². The summed E-state index contributed by atoms with van der Waals surface area (Å²) in [5.41, 5.74) is 10.1. The molecule has 0 amide bonds. The minimum absolute atomic E-state index is 0.150. The molecule has 2 aromatic carbocycles. The number of hydrogen-bond acceptors (Lipinski definition) is 0. The quantitative estimate of drug-likeness (QED) is 0.354. The molecule has 1 unspecified atom stereocenters. The maximum atomic E-state index is 2.52. The first-order chi connectivity index (χ1) is 13.0. The summed E-state index contributed by atoms with van der Waals surface area (Å²) in [6.45, 7) is 11.6. The fraction of sp³-hybridized carbons (Fsp3) is 0.385. The highest BCUT2D eigenvalue weighted by Gasteiger charge is 2.31. The number of benzene rings is 2. The second-order valence-electron chi connectivity index (χ2n) is 8.71. The Morgan fingerprint density at radius 2 is 1.70 bits per heavy atom. The summed E-state index contributed by atoms with van der Waals surface area (Å²) >= 11 is 0. The largest absolute Gasteiger partial charge is 0.313 e. The number of fused-ring (bicyclic) bond motifs is 3. The van der Waals surface area contributed by atoms with E-state index in [4.69, 9.17) is 0 Å². The Labute approximate surface area is 164 Å². The van der Waals surface area contributed by atoms with E-state index in [-0.39, 0.29) is 5.41 Å². The minimum Gasteiger partial charge on any atom is -0.313 e. The summed E-state index contributed by atoms with van der Waals surface area (Å²) in [7, 11) is 0. The van der Waals surface area contributed by atoms with Crippen molar-refractivity contribution < 1.29 is 0 Å². The van der Waals surface area contributed by atoms with Gasteiger partial charge in [-0.1, -0.05) is 71.0 Å². The molecule has 1 aliphatic carbocycles. The smallest absolute Gasteiger partial charge is 0.0569 e. The first kappa shape index (κ1) is 18.1. The number of hydrogen-bond donors (Lipinski definition) is 0. The van der Waals surface area contributed by atoms with Crippen LogP contribution in [0, 0.1) is 0 Å². The lowest BCUT2D eigenvalue weighted by molar-refractivity contribution is 0.482. The summed E-state index contributed by atoms with van der Waals surface area (Å²) in [5.74, 6) is 0.626. The molecule has 0 saturated carbocycles. The highest BCUT2D eigenvalue weighted by molar-refractivity contribution is 5.77. The van der Waals surface area contributed by atoms with E-state index in [0.29, 0.717) is 5.92 Å². The van der Waals surface area contributed by atoms with Crippen molar-refractivity contribution in [1.29, 1.82) is 0 Å². The van der Waals surface area contributed by atoms with Crippen molar-refractivity contribution in [3.05, 3.63) is 77.0 Å². The van der Waals surface area contributed by atoms with E-state index in [9.17, 15) is 0 Å². The Kier molecular flexibility index (Phi) is 4.50. The van der Waals surface area contributed by atoms with Crippen LogP contribution in [0.25, 0.3) is 16.9 Å². The predicted molar refractivity (Wildman–Crippen MR) is 116 cm³/mol. The summed E-state index contributed by atoms with van der Waals surface area (Å²) in [6, 6.07) is 20.5. The van der Waals surface area contributed by atoms with Crippen LogP contribution >= 0.6 is 0 Å². The molecule has 0 fully saturated rings. The summed E-state index contributed by atoms with van der Waals surface area (Å²) < 4.78 is 2.52. The average molecular weight is 358 g/mol. The average Bonchev–Trinajstić information content (AvgIpc) is 3.23. The Morgan fingerprint density at radius 1 is 0.963 bits per heavy atom. The van der Waals surface area contributed by atoms with E-state index < -0.39 is 0 Å². The zero-order chi connectivity index (χ0) is 19.2. The van der Waals surface area contributed by atoms with Crippen molar-refractivity contribution in [3.63, 3.8) is 0 Å². The fourth-order valence-corrected chi connectivity index (χ4v) is 4.25. The Bertz CT molecular complexity index is 959. The molecule has 1 nitrogen and oxygen atoms in total. The maximum absolute atomic E-state index is 2.52. The summed E-state index contributed by atoms with van der Waals surface area (Å²) in [6.07, 6.45) is 3.38. The van der Waals surface area contributed by atoms with Crippen LogP contribution in [0.4, 0.5) is 0 Å². The van der Waals surface area contributed by atoms with Crippen LogP contribution in [0.1, 0.15) is 75.8 Å². The molecular formula is C26H31N. The van der Waals surface area contributed by atoms with Crippen LogP contribution in [-0.4, -0.2) is 4.57 Å². The highest BCUT2D eigenvalue weighted by atomic mass is 15.0. The second-order valence-corrected chi connectivity index (χ2v) is 8.71. The van der Waals surface area contributed by atoms with Gasteiger partial charge in [-0.05, 0) is 53.6 Å². The van der Waals surface area contributed by atoms with Gasteiger partial charge in [-0.3, -0.25) is 0 Å². The molecule has 4 rings (SSSR count). The molecule has 140 valence electrons. The fourth-order valence-electron chi connectivity index (χ4n) is 4.25. The minimum atomic E-state index is 0.150. The van der Waals surface area contributed by atoms with Crippen molar-refractivity contribution in [2.45, 2.75) is 65.2 Å². The van der Waals surface area contributed by atoms with Gasteiger partial charge in [-0.15, -0.1) is 0 Å². The van der Waals surface area contributed by atoms with Gasteiger partial charge in [0.15, 0.2) is 0 Å². The van der Waals surface area contributed by atoms with Gasteiger partial charge in [-0.2, -0.15) is 0 Å². The lowest BCUT2D eigenvalue weighted by Gasteiger charge is -2.26. The third kappa shape index (κ3) is 2.94. The molecule has 1 aliphatic rings. The third-order valence-electron chi connectivity index (χ3n) is 6.62. The van der Waals surface area contributed by atoms with Crippen LogP contribution in [0.3, 0.4) is 0 Å². The van der Waals surface area contributed by atoms with Crippen LogP contribution < -0.4 is 0 Å². The molecule has 1 aromatic heterocycles. The van der Waals surface area contributed by atoms with E-state index in [0.717, 1.165) is 12.8 Å². The molecule has 0 bridgehead atoms. The van der Waals surface area contributed by atoms with Crippen molar-refractivity contribution in [2.75, 3.05) is 0 Å². The van der Waals surface area contributed by atoms with Gasteiger partial charge in [0.05, 0.1) is 5.69 Å². The van der Waals surface area contributed by atoms with E-state index in [1.165, 1.54) is 45.7 Å². The van der Waals surface area contributed by atoms with Crippen LogP contribution in [-0.2, 0) is 11.8 Å². The first-order valence-electron chi connectivity index (χ1n) is 10.4. The molecule has 1 atom stereocenters. The predicted octanol–water partition coefficient (Wildman–Crippen LogP) is 7.25. The zero-order valence-corrected chi connectivity index (χ0v) is 17.3. The van der Waals surface area contributed by atoms with Crippen LogP contribution in [0.5, 0.6) is 0 Å². The molecule has 0 saturated heterocycles. The highest BCUT2D eigenvalue weighted by Crippen LogP contribution is 2.44. The van der Waals surface area contributed by atoms with Gasteiger partial charge >= 0.3 is 0 Å². The van der Waals surface area contributed by atoms with Gasteiger partial charge in [0, 0.05) is 28.8 Å². The van der Waals surface area contributed by atoms with Crippen molar-refractivity contribution in [2.24, 2.45) is 0 Å². The Hall–Kier alpha value is -2.28. The lowest BCUT2D eigenvalue weighted by Crippen LogP contribution is -2.20. The van der Waals surface area contributed by atoms with Crippen LogP contribution in [0.15, 0.2) is 54.6 Å². The number of nitrogens with zero attached hydrogens (tertiary/aromatic N) is 1.